The van der Waals surface area contributed by atoms with E-state index in [1.807, 2.05) is 56.4 Å². The van der Waals surface area contributed by atoms with Gasteiger partial charge in [0.2, 0.25) is 5.88 Å². The lowest BCUT2D eigenvalue weighted by Gasteiger charge is -2.24. The van der Waals surface area contributed by atoms with Gasteiger partial charge in [-0.05, 0) is 44.0 Å². The second-order valence-electron chi connectivity index (χ2n) is 7.91. The van der Waals surface area contributed by atoms with E-state index < -0.39 is 0 Å². The highest BCUT2D eigenvalue weighted by Gasteiger charge is 2.32. The summed E-state index contributed by atoms with van der Waals surface area (Å²) >= 11 is 0. The second-order valence-corrected chi connectivity index (χ2v) is 7.91. The summed E-state index contributed by atoms with van der Waals surface area (Å²) in [4.78, 5) is 2.34. The first-order valence-corrected chi connectivity index (χ1v) is 10.4. The van der Waals surface area contributed by atoms with Crippen molar-refractivity contribution in [1.82, 2.24) is 14.7 Å². The number of nitrogens with zero attached hydrogens (tertiary/aromatic N) is 3. The molecule has 1 fully saturated rings. The van der Waals surface area contributed by atoms with E-state index in [0.717, 1.165) is 34.2 Å². The number of benzene rings is 2. The lowest BCUT2D eigenvalue weighted by atomic mass is 10.1. The summed E-state index contributed by atoms with van der Waals surface area (Å²) in [5.74, 6) is 2.23. The second kappa shape index (κ2) is 8.90. The van der Waals surface area contributed by atoms with Crippen LogP contribution >= 0.6 is 0 Å². The van der Waals surface area contributed by atoms with Crippen molar-refractivity contribution in [2.75, 3.05) is 13.7 Å². The van der Waals surface area contributed by atoms with Crippen LogP contribution in [0.2, 0.25) is 0 Å². The van der Waals surface area contributed by atoms with E-state index >= 15 is 0 Å². The fourth-order valence-electron chi connectivity index (χ4n) is 3.73. The maximum absolute atomic E-state index is 10.0. The zero-order chi connectivity index (χ0) is 21.1. The first kappa shape index (κ1) is 20.4. The van der Waals surface area contributed by atoms with Gasteiger partial charge in [-0.1, -0.05) is 30.3 Å². The molecule has 1 heterocycles. The average Bonchev–Trinajstić information content (AvgIpc) is 3.55. The minimum absolute atomic E-state index is 0.381. The molecule has 0 spiro atoms. The zero-order valence-electron chi connectivity index (χ0n) is 17.8. The zero-order valence-corrected chi connectivity index (χ0v) is 17.8. The Morgan fingerprint density at radius 1 is 1.10 bits per heavy atom. The number of aliphatic hydroxyl groups excluding tert-OH is 1. The van der Waals surface area contributed by atoms with Gasteiger partial charge >= 0.3 is 0 Å². The van der Waals surface area contributed by atoms with E-state index in [2.05, 4.69) is 17.0 Å². The summed E-state index contributed by atoms with van der Waals surface area (Å²) in [6.45, 7) is 3.15. The predicted molar refractivity (Wildman–Crippen MR) is 117 cm³/mol. The smallest absolute Gasteiger partial charge is 0.222 e. The van der Waals surface area contributed by atoms with Crippen LogP contribution in [0.3, 0.4) is 0 Å². The fraction of sp³-hybridized carbons (Fsp3) is 0.375. The third kappa shape index (κ3) is 4.66. The Bertz CT molecular complexity index is 963. The van der Waals surface area contributed by atoms with Gasteiger partial charge < -0.3 is 14.6 Å². The lowest BCUT2D eigenvalue weighted by molar-refractivity contribution is 0.117. The van der Waals surface area contributed by atoms with Gasteiger partial charge in [0, 0.05) is 31.7 Å². The minimum atomic E-state index is -0.381. The molecule has 3 aromatic rings. The van der Waals surface area contributed by atoms with Crippen molar-refractivity contribution in [1.29, 1.82) is 0 Å². The molecule has 1 aliphatic carbocycles. The molecule has 0 saturated heterocycles. The standard InChI is InChI=1S/C24H29N3O3/c1-17(28)15-27(19-9-10-19)16-22-23(18-7-5-4-6-8-18)25-26(2)24(22)30-21-13-11-20(29-3)12-14-21/h4-8,11-14,17,19,28H,9-10,15-16H2,1-3H3. The number of rotatable bonds is 9. The van der Waals surface area contributed by atoms with Crippen LogP contribution in [-0.4, -0.2) is 45.6 Å². The van der Waals surface area contributed by atoms with E-state index in [-0.39, 0.29) is 6.10 Å². The number of hydrogen-bond donors (Lipinski definition) is 1. The Hall–Kier alpha value is -2.83. The Morgan fingerprint density at radius 2 is 1.77 bits per heavy atom. The summed E-state index contributed by atoms with van der Waals surface area (Å²) in [5.41, 5.74) is 3.00. The van der Waals surface area contributed by atoms with E-state index in [0.29, 0.717) is 19.1 Å². The first-order valence-electron chi connectivity index (χ1n) is 10.4. The highest BCUT2D eigenvalue weighted by Crippen LogP contribution is 2.37. The number of methoxy groups -OCH3 is 1. The van der Waals surface area contributed by atoms with Gasteiger partial charge in [0.15, 0.2) is 0 Å². The van der Waals surface area contributed by atoms with Crippen molar-refractivity contribution < 1.29 is 14.6 Å². The van der Waals surface area contributed by atoms with Crippen molar-refractivity contribution in [3.8, 4) is 28.6 Å². The predicted octanol–water partition coefficient (Wildman–Crippen LogP) is 4.23. The van der Waals surface area contributed by atoms with E-state index in [9.17, 15) is 5.11 Å². The van der Waals surface area contributed by atoms with Crippen molar-refractivity contribution in [2.45, 2.75) is 38.5 Å². The minimum Gasteiger partial charge on any atom is -0.497 e. The Kier molecular flexibility index (Phi) is 6.06. The average molecular weight is 408 g/mol. The maximum Gasteiger partial charge on any atom is 0.222 e. The molecular weight excluding hydrogens is 378 g/mol. The molecule has 158 valence electrons. The quantitative estimate of drug-likeness (QED) is 0.575. The molecule has 1 aliphatic rings. The van der Waals surface area contributed by atoms with Crippen molar-refractivity contribution in [3.63, 3.8) is 0 Å². The van der Waals surface area contributed by atoms with Crippen LogP contribution in [0.25, 0.3) is 11.3 Å². The maximum atomic E-state index is 10.0. The van der Waals surface area contributed by atoms with Gasteiger partial charge in [0.1, 0.15) is 17.2 Å². The molecule has 0 amide bonds. The van der Waals surface area contributed by atoms with Crippen LogP contribution in [-0.2, 0) is 13.6 Å². The lowest BCUT2D eigenvalue weighted by Crippen LogP contribution is -2.32. The summed E-state index contributed by atoms with van der Waals surface area (Å²) in [5, 5.41) is 14.8. The van der Waals surface area contributed by atoms with Gasteiger partial charge in [-0.25, -0.2) is 4.68 Å². The number of aromatic nitrogens is 2. The molecule has 2 aromatic carbocycles. The molecule has 6 nitrogen and oxygen atoms in total. The van der Waals surface area contributed by atoms with Gasteiger partial charge in [-0.2, -0.15) is 5.10 Å². The highest BCUT2D eigenvalue weighted by atomic mass is 16.5. The summed E-state index contributed by atoms with van der Waals surface area (Å²) in [7, 11) is 3.56. The van der Waals surface area contributed by atoms with Crippen molar-refractivity contribution in [3.05, 3.63) is 60.2 Å². The highest BCUT2D eigenvalue weighted by molar-refractivity contribution is 5.65. The number of aryl methyl sites for hydroxylation is 1. The number of aliphatic hydroxyl groups is 1. The number of ether oxygens (including phenoxy) is 2. The molecule has 1 saturated carbocycles. The van der Waals surface area contributed by atoms with Gasteiger partial charge in [0.05, 0.1) is 18.8 Å². The number of hydrogen-bond acceptors (Lipinski definition) is 5. The van der Waals surface area contributed by atoms with Crippen LogP contribution in [0.4, 0.5) is 0 Å². The van der Waals surface area contributed by atoms with Crippen LogP contribution in [0, 0.1) is 0 Å². The molecule has 1 N–H and O–H groups in total. The van der Waals surface area contributed by atoms with Crippen molar-refractivity contribution in [2.24, 2.45) is 7.05 Å². The first-order chi connectivity index (χ1) is 14.5. The SMILES string of the molecule is COc1ccc(Oc2c(CN(CC(C)O)C3CC3)c(-c3ccccc3)nn2C)cc1. The van der Waals surface area contributed by atoms with Crippen LogP contribution in [0.1, 0.15) is 25.3 Å². The molecule has 1 atom stereocenters. The van der Waals surface area contributed by atoms with Crippen molar-refractivity contribution >= 4 is 0 Å². The van der Waals surface area contributed by atoms with Gasteiger partial charge in [-0.3, -0.25) is 4.90 Å². The topological polar surface area (TPSA) is 59.8 Å². The van der Waals surface area contributed by atoms with Crippen LogP contribution in [0.5, 0.6) is 17.4 Å². The molecule has 4 rings (SSSR count). The molecule has 0 radical (unpaired) electrons. The Labute approximate surface area is 177 Å². The van der Waals surface area contributed by atoms with E-state index in [1.54, 1.807) is 11.8 Å². The third-order valence-corrected chi connectivity index (χ3v) is 5.33. The molecule has 0 aliphatic heterocycles. The van der Waals surface area contributed by atoms with E-state index in [1.165, 1.54) is 12.8 Å². The monoisotopic (exact) mass is 407 g/mol. The molecule has 0 bridgehead atoms. The normalized spacial score (nSPS) is 14.7. The molecular formula is C24H29N3O3. The molecule has 1 aromatic heterocycles. The third-order valence-electron chi connectivity index (χ3n) is 5.33. The summed E-state index contributed by atoms with van der Waals surface area (Å²) in [6, 6.07) is 18.2. The molecule has 6 heteroatoms. The summed E-state index contributed by atoms with van der Waals surface area (Å²) < 4.78 is 13.4. The molecule has 1 unspecified atom stereocenters. The van der Waals surface area contributed by atoms with Gasteiger partial charge in [-0.15, -0.1) is 0 Å². The van der Waals surface area contributed by atoms with Gasteiger partial charge in [0.25, 0.3) is 0 Å². The Morgan fingerprint density at radius 3 is 2.37 bits per heavy atom. The van der Waals surface area contributed by atoms with E-state index in [4.69, 9.17) is 14.6 Å². The fourth-order valence-corrected chi connectivity index (χ4v) is 3.73. The van der Waals surface area contributed by atoms with Crippen LogP contribution in [0.15, 0.2) is 54.6 Å². The largest absolute Gasteiger partial charge is 0.497 e. The Balaban J connectivity index is 1.71. The summed E-state index contributed by atoms with van der Waals surface area (Å²) in [6.07, 6.45) is 1.96. The van der Waals surface area contributed by atoms with Crippen LogP contribution < -0.4 is 9.47 Å². The molecule has 30 heavy (non-hydrogen) atoms.